The Balaban J connectivity index is 1.68. The third kappa shape index (κ3) is 6.39. The number of ether oxygens (including phenoxy) is 1. The minimum atomic E-state index is -0.589. The van der Waals surface area contributed by atoms with Crippen molar-refractivity contribution < 1.29 is 9.66 Å². The van der Waals surface area contributed by atoms with Crippen LogP contribution in [0.2, 0.25) is 10.0 Å². The highest BCUT2D eigenvalue weighted by atomic mass is 79.9. The molecule has 0 aliphatic heterocycles. The summed E-state index contributed by atoms with van der Waals surface area (Å²) in [6.45, 7) is 3.75. The fourth-order valence-corrected chi connectivity index (χ4v) is 5.53. The van der Waals surface area contributed by atoms with Crippen LogP contribution in [0.5, 0.6) is 5.75 Å². The third-order valence-corrected chi connectivity index (χ3v) is 7.71. The van der Waals surface area contributed by atoms with Crippen LogP contribution in [0, 0.1) is 24.0 Å². The van der Waals surface area contributed by atoms with Gasteiger partial charge in [0.25, 0.3) is 0 Å². The summed E-state index contributed by atoms with van der Waals surface area (Å²) >= 11 is 16.9. The minimum absolute atomic E-state index is 0.222. The summed E-state index contributed by atoms with van der Waals surface area (Å²) in [6.07, 6.45) is 0. The van der Waals surface area contributed by atoms with E-state index in [0.717, 1.165) is 21.3 Å². The lowest BCUT2D eigenvalue weighted by molar-refractivity contribution is -0.479. The average molecular weight is 608 g/mol. The largest absolute Gasteiger partial charge is 0.489 e. The first-order chi connectivity index (χ1) is 17.2. The van der Waals surface area contributed by atoms with E-state index in [1.54, 1.807) is 18.2 Å². The molecule has 1 heterocycles. The van der Waals surface area contributed by atoms with Gasteiger partial charge in [0.2, 0.25) is 6.54 Å². The van der Waals surface area contributed by atoms with Crippen molar-refractivity contribution in [2.24, 2.45) is 0 Å². The monoisotopic (exact) mass is 606 g/mol. The predicted molar refractivity (Wildman–Crippen MR) is 146 cm³/mol. The van der Waals surface area contributed by atoms with Crippen LogP contribution in [-0.4, -0.2) is 26.2 Å². The average Bonchev–Trinajstić information content (AvgIpc) is 3.19. The number of halogens is 3. The van der Waals surface area contributed by atoms with Crippen LogP contribution in [0.1, 0.15) is 27.8 Å². The second kappa shape index (κ2) is 11.6. The SMILES string of the molecule is Cc1cccc(-n2c(C)nnc2S[C@H](C[N+](=O)[O-])c2cc(Br)ccc2OCc2ccc(Cl)c(Cl)c2)c1. The molecule has 0 radical (unpaired) electrons. The molecule has 0 N–H and O–H groups in total. The second-order valence-electron chi connectivity index (χ2n) is 8.05. The van der Waals surface area contributed by atoms with Crippen LogP contribution in [0.25, 0.3) is 5.69 Å². The van der Waals surface area contributed by atoms with Gasteiger partial charge < -0.3 is 4.74 Å². The Kier molecular flexibility index (Phi) is 8.56. The van der Waals surface area contributed by atoms with Gasteiger partial charge in [-0.3, -0.25) is 14.7 Å². The zero-order valence-corrected chi connectivity index (χ0v) is 23.2. The van der Waals surface area contributed by atoms with Crippen LogP contribution in [0.3, 0.4) is 0 Å². The van der Waals surface area contributed by atoms with Crippen molar-refractivity contribution in [3.05, 3.63) is 108 Å². The Hall–Kier alpha value is -2.59. The number of aromatic nitrogens is 3. The number of nitro groups is 1. The number of hydrogen-bond acceptors (Lipinski definition) is 6. The molecule has 11 heteroatoms. The van der Waals surface area contributed by atoms with E-state index < -0.39 is 5.25 Å². The van der Waals surface area contributed by atoms with Crippen molar-refractivity contribution in [3.8, 4) is 11.4 Å². The van der Waals surface area contributed by atoms with E-state index in [0.29, 0.717) is 32.3 Å². The highest BCUT2D eigenvalue weighted by molar-refractivity contribution is 9.10. The maximum Gasteiger partial charge on any atom is 0.220 e. The number of nitrogens with zero attached hydrogens (tertiary/aromatic N) is 4. The van der Waals surface area contributed by atoms with E-state index in [4.69, 9.17) is 27.9 Å². The van der Waals surface area contributed by atoms with Gasteiger partial charge in [0.05, 0.1) is 10.0 Å². The van der Waals surface area contributed by atoms with E-state index >= 15 is 0 Å². The minimum Gasteiger partial charge on any atom is -0.489 e. The summed E-state index contributed by atoms with van der Waals surface area (Å²) in [5.74, 6) is 1.22. The van der Waals surface area contributed by atoms with E-state index in [9.17, 15) is 10.1 Å². The number of benzene rings is 3. The molecule has 7 nitrogen and oxygen atoms in total. The summed E-state index contributed by atoms with van der Waals surface area (Å²) in [5, 5.41) is 21.1. The molecule has 0 bridgehead atoms. The van der Waals surface area contributed by atoms with E-state index in [2.05, 4.69) is 26.1 Å². The fraction of sp³-hybridized carbons (Fsp3) is 0.200. The van der Waals surface area contributed by atoms with Gasteiger partial charge in [-0.25, -0.2) is 0 Å². The molecule has 0 saturated carbocycles. The van der Waals surface area contributed by atoms with Gasteiger partial charge in [0.15, 0.2) is 5.16 Å². The summed E-state index contributed by atoms with van der Waals surface area (Å²) in [4.78, 5) is 11.4. The van der Waals surface area contributed by atoms with Crippen molar-refractivity contribution in [1.82, 2.24) is 14.8 Å². The normalized spacial score (nSPS) is 11.9. The fourth-order valence-electron chi connectivity index (χ4n) is 3.64. The van der Waals surface area contributed by atoms with Gasteiger partial charge in [0.1, 0.15) is 23.4 Å². The quantitative estimate of drug-likeness (QED) is 0.110. The van der Waals surface area contributed by atoms with Crippen LogP contribution < -0.4 is 4.74 Å². The van der Waals surface area contributed by atoms with Crippen molar-refractivity contribution in [1.29, 1.82) is 0 Å². The van der Waals surface area contributed by atoms with Crippen molar-refractivity contribution >= 4 is 50.9 Å². The molecule has 0 spiro atoms. The van der Waals surface area contributed by atoms with Crippen LogP contribution in [-0.2, 0) is 6.61 Å². The summed E-state index contributed by atoms with van der Waals surface area (Å²) in [5.41, 5.74) is 3.47. The topological polar surface area (TPSA) is 83.1 Å². The molecular weight excluding hydrogens is 587 g/mol. The molecule has 0 unspecified atom stereocenters. The lowest BCUT2D eigenvalue weighted by Crippen LogP contribution is -2.13. The van der Waals surface area contributed by atoms with Gasteiger partial charge in [-0.15, -0.1) is 10.2 Å². The molecule has 0 saturated heterocycles. The van der Waals surface area contributed by atoms with Crippen molar-refractivity contribution in [2.75, 3.05) is 6.54 Å². The smallest absolute Gasteiger partial charge is 0.220 e. The third-order valence-electron chi connectivity index (χ3n) is 5.31. The lowest BCUT2D eigenvalue weighted by Gasteiger charge is -2.18. The second-order valence-corrected chi connectivity index (χ2v) is 10.9. The molecule has 0 aliphatic carbocycles. The number of hydrogen-bond donors (Lipinski definition) is 0. The number of thioether (sulfide) groups is 1. The van der Waals surface area contributed by atoms with Crippen LogP contribution in [0.4, 0.5) is 0 Å². The van der Waals surface area contributed by atoms with Crippen molar-refractivity contribution in [2.45, 2.75) is 30.9 Å². The molecule has 1 atom stereocenters. The molecule has 186 valence electrons. The van der Waals surface area contributed by atoms with E-state index in [1.165, 1.54) is 11.8 Å². The Morgan fingerprint density at radius 3 is 2.61 bits per heavy atom. The number of aryl methyl sites for hydroxylation is 2. The molecule has 0 fully saturated rings. The van der Waals surface area contributed by atoms with Gasteiger partial charge in [0, 0.05) is 20.6 Å². The number of rotatable bonds is 9. The highest BCUT2D eigenvalue weighted by Gasteiger charge is 2.27. The molecule has 4 aromatic rings. The van der Waals surface area contributed by atoms with Gasteiger partial charge in [-0.1, -0.05) is 69.1 Å². The Labute approximate surface area is 231 Å². The van der Waals surface area contributed by atoms with Crippen molar-refractivity contribution in [3.63, 3.8) is 0 Å². The molecule has 1 aromatic heterocycles. The molecule has 36 heavy (non-hydrogen) atoms. The maximum absolute atomic E-state index is 11.7. The summed E-state index contributed by atoms with van der Waals surface area (Å²) in [7, 11) is 0. The summed E-state index contributed by atoms with van der Waals surface area (Å²) in [6, 6.07) is 18.7. The first-order valence-electron chi connectivity index (χ1n) is 10.8. The summed E-state index contributed by atoms with van der Waals surface area (Å²) < 4.78 is 8.79. The Morgan fingerprint density at radius 1 is 1.08 bits per heavy atom. The van der Waals surface area contributed by atoms with Gasteiger partial charge in [-0.05, 0) is 67.4 Å². The van der Waals surface area contributed by atoms with Gasteiger partial charge in [-0.2, -0.15) is 0 Å². The molecule has 4 rings (SSSR count). The van der Waals surface area contributed by atoms with Crippen LogP contribution >= 0.6 is 50.9 Å². The first kappa shape index (κ1) is 26.5. The Morgan fingerprint density at radius 2 is 1.89 bits per heavy atom. The van der Waals surface area contributed by atoms with Gasteiger partial charge >= 0.3 is 0 Å². The molecule has 0 amide bonds. The van der Waals surface area contributed by atoms with E-state index in [-0.39, 0.29) is 18.1 Å². The Bertz CT molecular complexity index is 1420. The first-order valence-corrected chi connectivity index (χ1v) is 13.3. The predicted octanol–water partition coefficient (Wildman–Crippen LogP) is 7.64. The molecule has 3 aromatic carbocycles. The maximum atomic E-state index is 11.7. The van der Waals surface area contributed by atoms with Crippen LogP contribution in [0.15, 0.2) is 70.3 Å². The zero-order chi connectivity index (χ0) is 25.8. The highest BCUT2D eigenvalue weighted by Crippen LogP contribution is 2.41. The molecular formula is C25H21BrCl2N4O3S. The zero-order valence-electron chi connectivity index (χ0n) is 19.3. The standard InChI is InChI=1S/C25H21BrCl2N4O3S/c1-15-4-3-5-19(10-15)32-16(2)29-30-25(32)36-24(13-31(33)34)20-12-18(26)7-9-23(20)35-14-17-6-8-21(27)22(28)11-17/h3-12,24H,13-14H2,1-2H3/t24-/m1/s1. The lowest BCUT2D eigenvalue weighted by atomic mass is 10.1. The molecule has 0 aliphatic rings. The van der Waals surface area contributed by atoms with E-state index in [1.807, 2.05) is 60.9 Å².